The average Bonchev–Trinajstić information content (AvgIpc) is 3.42. The maximum atomic E-state index is 13.5. The molecule has 9 heteroatoms. The van der Waals surface area contributed by atoms with Crippen molar-refractivity contribution >= 4 is 34.7 Å². The fraction of sp³-hybridized carbons (Fsp3) is 0.261. The van der Waals surface area contributed by atoms with Gasteiger partial charge in [0.25, 0.3) is 5.56 Å². The molecule has 3 heterocycles. The van der Waals surface area contributed by atoms with E-state index in [4.69, 9.17) is 14.2 Å². The van der Waals surface area contributed by atoms with E-state index in [1.165, 1.54) is 22.7 Å². The summed E-state index contributed by atoms with van der Waals surface area (Å²) in [7, 11) is 3.14. The van der Waals surface area contributed by atoms with Crippen LogP contribution in [0.25, 0.3) is 6.08 Å². The van der Waals surface area contributed by atoms with Crippen molar-refractivity contribution in [3.63, 3.8) is 0 Å². The zero-order valence-corrected chi connectivity index (χ0v) is 19.5. The molecule has 0 N–H and O–H groups in total. The van der Waals surface area contributed by atoms with Gasteiger partial charge in [-0.1, -0.05) is 29.5 Å². The summed E-state index contributed by atoms with van der Waals surface area (Å²) in [4.78, 5) is 32.4. The van der Waals surface area contributed by atoms with Crippen LogP contribution in [0.5, 0.6) is 5.75 Å². The second-order valence-electron chi connectivity index (χ2n) is 7.00. The molecule has 0 fully saturated rings. The molecule has 1 aromatic carbocycles. The molecule has 0 saturated carbocycles. The minimum Gasteiger partial charge on any atom is -0.497 e. The smallest absolute Gasteiger partial charge is 0.338 e. The Balaban J connectivity index is 1.84. The molecular formula is C23H22N2O5S2. The van der Waals surface area contributed by atoms with Gasteiger partial charge in [-0.3, -0.25) is 9.36 Å². The number of hydrogen-bond donors (Lipinski definition) is 0. The molecule has 7 nitrogen and oxygen atoms in total. The lowest BCUT2D eigenvalue weighted by Crippen LogP contribution is -2.39. The quantitative estimate of drug-likeness (QED) is 0.392. The monoisotopic (exact) mass is 470 g/mol. The number of thiazole rings is 1. The van der Waals surface area contributed by atoms with Gasteiger partial charge in [-0.15, -0.1) is 11.3 Å². The van der Waals surface area contributed by atoms with E-state index in [1.54, 1.807) is 25.7 Å². The Morgan fingerprint density at radius 2 is 2.06 bits per heavy atom. The van der Waals surface area contributed by atoms with Gasteiger partial charge in [0.05, 0.1) is 29.5 Å². The van der Waals surface area contributed by atoms with Gasteiger partial charge in [-0.2, -0.15) is 0 Å². The van der Waals surface area contributed by atoms with E-state index < -0.39 is 12.0 Å². The van der Waals surface area contributed by atoms with Crippen molar-refractivity contribution in [1.29, 1.82) is 0 Å². The minimum atomic E-state index is -0.589. The number of fused-ring (bicyclic) bond motifs is 1. The van der Waals surface area contributed by atoms with Gasteiger partial charge in [0.2, 0.25) is 0 Å². The van der Waals surface area contributed by atoms with Crippen LogP contribution in [0.2, 0.25) is 0 Å². The first-order chi connectivity index (χ1) is 15.5. The first-order valence-corrected chi connectivity index (χ1v) is 11.6. The molecule has 1 aliphatic heterocycles. The fourth-order valence-electron chi connectivity index (χ4n) is 3.48. The molecule has 166 valence electrons. The Hall–Kier alpha value is -3.01. The number of rotatable bonds is 7. The maximum absolute atomic E-state index is 13.5. The van der Waals surface area contributed by atoms with Gasteiger partial charge in [0.15, 0.2) is 4.80 Å². The number of allylic oxidation sites excluding steroid dienone is 1. The van der Waals surface area contributed by atoms with Gasteiger partial charge < -0.3 is 14.2 Å². The Morgan fingerprint density at radius 3 is 2.78 bits per heavy atom. The van der Waals surface area contributed by atoms with Crippen molar-refractivity contribution in [2.75, 3.05) is 27.4 Å². The number of esters is 1. The van der Waals surface area contributed by atoms with Crippen molar-refractivity contribution in [3.8, 4) is 5.75 Å². The highest BCUT2D eigenvalue weighted by Crippen LogP contribution is 2.33. The third-order valence-corrected chi connectivity index (χ3v) is 6.87. The SMILES string of the molecule is COCCOC(=O)C1=C(C)N=c2s/c(=C/c3cccc(OC)c3)c(=O)n2[C@@H]1c1cccs1. The highest BCUT2D eigenvalue weighted by atomic mass is 32.1. The van der Waals surface area contributed by atoms with Crippen molar-refractivity contribution in [2.24, 2.45) is 4.99 Å². The molecule has 0 amide bonds. The molecule has 0 radical (unpaired) electrons. The summed E-state index contributed by atoms with van der Waals surface area (Å²) in [6, 6.07) is 10.7. The molecule has 0 unspecified atom stereocenters. The lowest BCUT2D eigenvalue weighted by molar-refractivity contribution is -0.140. The highest BCUT2D eigenvalue weighted by molar-refractivity contribution is 7.10. The van der Waals surface area contributed by atoms with Gasteiger partial charge in [0.1, 0.15) is 18.4 Å². The zero-order chi connectivity index (χ0) is 22.7. The van der Waals surface area contributed by atoms with E-state index in [9.17, 15) is 9.59 Å². The molecule has 0 saturated heterocycles. The minimum absolute atomic E-state index is 0.129. The molecule has 0 aliphatic carbocycles. The summed E-state index contributed by atoms with van der Waals surface area (Å²) in [5.74, 6) is 0.212. The highest BCUT2D eigenvalue weighted by Gasteiger charge is 2.34. The van der Waals surface area contributed by atoms with Crippen molar-refractivity contribution < 1.29 is 19.0 Å². The van der Waals surface area contributed by atoms with Crippen LogP contribution in [-0.2, 0) is 14.3 Å². The van der Waals surface area contributed by atoms with Crippen LogP contribution in [0.3, 0.4) is 0 Å². The van der Waals surface area contributed by atoms with Crippen molar-refractivity contribution in [3.05, 3.63) is 83.2 Å². The average molecular weight is 471 g/mol. The number of benzene rings is 1. The number of thiophene rings is 1. The fourth-order valence-corrected chi connectivity index (χ4v) is 5.35. The summed E-state index contributed by atoms with van der Waals surface area (Å²) in [6.45, 7) is 2.19. The number of methoxy groups -OCH3 is 2. The number of carbonyl (C=O) groups is 1. The first-order valence-electron chi connectivity index (χ1n) is 9.89. The van der Waals surface area contributed by atoms with E-state index in [2.05, 4.69) is 4.99 Å². The normalized spacial score (nSPS) is 16.0. The van der Waals surface area contributed by atoms with Crippen molar-refractivity contribution in [1.82, 2.24) is 4.57 Å². The number of hydrogen-bond acceptors (Lipinski definition) is 8. The lowest BCUT2D eigenvalue weighted by Gasteiger charge is -2.23. The standard InChI is InChI=1S/C23H22N2O5S2/c1-14-19(22(27)30-10-9-28-2)20(17-8-5-11-31-17)25-21(26)18(32-23(25)24-14)13-15-6-4-7-16(12-15)29-3/h4-8,11-13,20H,9-10H2,1-3H3/b18-13+/t20-/m1/s1. The Bertz CT molecular complexity index is 1340. The second-order valence-corrected chi connectivity index (χ2v) is 8.99. The predicted molar refractivity (Wildman–Crippen MR) is 124 cm³/mol. The predicted octanol–water partition coefficient (Wildman–Crippen LogP) is 2.49. The molecule has 2 aromatic heterocycles. The first kappa shape index (κ1) is 22.2. The van der Waals surface area contributed by atoms with Crippen LogP contribution >= 0.6 is 22.7 Å². The summed E-state index contributed by atoms with van der Waals surface area (Å²) in [5.41, 5.74) is 1.55. The maximum Gasteiger partial charge on any atom is 0.338 e. The second kappa shape index (κ2) is 9.64. The van der Waals surface area contributed by atoms with Crippen LogP contribution in [-0.4, -0.2) is 38.0 Å². The third-order valence-electron chi connectivity index (χ3n) is 4.97. The van der Waals surface area contributed by atoms with Gasteiger partial charge in [0, 0.05) is 12.0 Å². The van der Waals surface area contributed by atoms with Crippen LogP contribution < -0.4 is 19.6 Å². The van der Waals surface area contributed by atoms with Gasteiger partial charge in [-0.25, -0.2) is 9.79 Å². The molecule has 0 bridgehead atoms. The van der Waals surface area contributed by atoms with Crippen LogP contribution in [0.15, 0.2) is 62.8 Å². The summed E-state index contributed by atoms with van der Waals surface area (Å²) in [5, 5.41) is 1.92. The van der Waals surface area contributed by atoms with Crippen LogP contribution in [0, 0.1) is 0 Å². The lowest BCUT2D eigenvalue weighted by atomic mass is 10.0. The molecule has 4 rings (SSSR count). The molecule has 0 spiro atoms. The third kappa shape index (κ3) is 4.32. The summed E-state index contributed by atoms with van der Waals surface area (Å²) in [6.07, 6.45) is 1.81. The van der Waals surface area contributed by atoms with Gasteiger partial charge >= 0.3 is 5.97 Å². The van der Waals surface area contributed by atoms with Crippen LogP contribution in [0.1, 0.15) is 23.4 Å². The van der Waals surface area contributed by atoms with E-state index in [0.717, 1.165) is 10.4 Å². The van der Waals surface area contributed by atoms with Gasteiger partial charge in [-0.05, 0) is 42.1 Å². The van der Waals surface area contributed by atoms with Crippen LogP contribution in [0.4, 0.5) is 0 Å². The van der Waals surface area contributed by atoms with E-state index in [0.29, 0.717) is 33.0 Å². The topological polar surface area (TPSA) is 79.1 Å². The summed E-state index contributed by atoms with van der Waals surface area (Å²) >= 11 is 2.78. The van der Waals surface area contributed by atoms with Crippen molar-refractivity contribution in [2.45, 2.75) is 13.0 Å². The molecule has 1 atom stereocenters. The molecule has 3 aromatic rings. The number of aromatic nitrogens is 1. The van der Waals surface area contributed by atoms with E-state index in [-0.39, 0.29) is 12.2 Å². The van der Waals surface area contributed by atoms with E-state index in [1.807, 2.05) is 47.9 Å². The Labute approximate surface area is 192 Å². The Morgan fingerprint density at radius 1 is 1.22 bits per heavy atom. The largest absolute Gasteiger partial charge is 0.497 e. The number of nitrogens with zero attached hydrogens (tertiary/aromatic N) is 2. The summed E-state index contributed by atoms with van der Waals surface area (Å²) < 4.78 is 17.8. The number of carbonyl (C=O) groups excluding carboxylic acids is 1. The Kier molecular flexibility index (Phi) is 6.69. The number of ether oxygens (including phenoxy) is 3. The zero-order valence-electron chi connectivity index (χ0n) is 17.9. The van der Waals surface area contributed by atoms with E-state index >= 15 is 0 Å². The molecule has 1 aliphatic rings. The molecular weight excluding hydrogens is 448 g/mol. The molecule has 32 heavy (non-hydrogen) atoms.